The van der Waals surface area contributed by atoms with Crippen molar-refractivity contribution in [3.8, 4) is 0 Å². The van der Waals surface area contributed by atoms with E-state index < -0.39 is 10.0 Å². The van der Waals surface area contributed by atoms with Gasteiger partial charge in [-0.15, -0.1) is 0 Å². The number of rotatable bonds is 5. The van der Waals surface area contributed by atoms with Crippen LogP contribution < -0.4 is 10.5 Å². The molecule has 112 valence electrons. The molecule has 0 fully saturated rings. The third-order valence-electron chi connectivity index (χ3n) is 2.87. The number of amides is 1. The van der Waals surface area contributed by atoms with Crippen LogP contribution in [-0.4, -0.2) is 34.1 Å². The average molecular weight is 300 g/mol. The number of hydrogen-bond acceptors (Lipinski definition) is 4. The number of benzene rings is 1. The molecule has 0 heterocycles. The minimum atomic E-state index is -3.85. The van der Waals surface area contributed by atoms with E-state index in [2.05, 4.69) is 5.32 Å². The number of nitrogens with two attached hydrogens (primary N) is 1. The van der Waals surface area contributed by atoms with Crippen LogP contribution in [0.1, 0.15) is 28.4 Å². The van der Waals surface area contributed by atoms with Gasteiger partial charge in [-0.25, -0.2) is 13.6 Å². The van der Waals surface area contributed by atoms with E-state index in [0.717, 1.165) is 0 Å². The summed E-state index contributed by atoms with van der Waals surface area (Å²) in [6.07, 6.45) is 0. The minimum Gasteiger partial charge on any atom is -0.383 e. The van der Waals surface area contributed by atoms with Gasteiger partial charge in [0.25, 0.3) is 5.91 Å². The highest BCUT2D eigenvalue weighted by Gasteiger charge is 2.18. The first-order valence-electron chi connectivity index (χ1n) is 6.10. The summed E-state index contributed by atoms with van der Waals surface area (Å²) < 4.78 is 27.9. The fraction of sp³-hybridized carbons (Fsp3) is 0.462. The maximum Gasteiger partial charge on any atom is 0.251 e. The van der Waals surface area contributed by atoms with Crippen LogP contribution in [0.5, 0.6) is 0 Å². The van der Waals surface area contributed by atoms with E-state index >= 15 is 0 Å². The van der Waals surface area contributed by atoms with Gasteiger partial charge >= 0.3 is 0 Å². The zero-order valence-corrected chi connectivity index (χ0v) is 12.9. The number of hydrogen-bond donors (Lipinski definition) is 2. The molecule has 1 amide bonds. The zero-order chi connectivity index (χ0) is 15.5. The summed E-state index contributed by atoms with van der Waals surface area (Å²) in [4.78, 5) is 12.1. The van der Waals surface area contributed by atoms with E-state index in [1.807, 2.05) is 0 Å². The highest BCUT2D eigenvalue weighted by atomic mass is 32.2. The van der Waals surface area contributed by atoms with Gasteiger partial charge in [-0.2, -0.15) is 0 Å². The van der Waals surface area contributed by atoms with Gasteiger partial charge in [0.05, 0.1) is 11.5 Å². The van der Waals surface area contributed by atoms with Crippen molar-refractivity contribution in [1.29, 1.82) is 0 Å². The van der Waals surface area contributed by atoms with Crippen LogP contribution in [0.15, 0.2) is 17.0 Å². The predicted molar refractivity (Wildman–Crippen MR) is 76.1 cm³/mol. The molecule has 0 aromatic heterocycles. The maximum absolute atomic E-state index is 12.1. The first kappa shape index (κ1) is 16.6. The Labute approximate surface area is 119 Å². The van der Waals surface area contributed by atoms with Gasteiger partial charge in [-0.3, -0.25) is 4.79 Å². The summed E-state index contributed by atoms with van der Waals surface area (Å²) in [5.74, 6) is -0.350. The van der Waals surface area contributed by atoms with Crippen LogP contribution in [-0.2, 0) is 14.8 Å². The predicted octanol–water partition coefficient (Wildman–Crippen LogP) is 0.716. The Hall–Kier alpha value is -1.44. The van der Waals surface area contributed by atoms with Gasteiger partial charge in [-0.05, 0) is 38.0 Å². The Morgan fingerprint density at radius 1 is 1.35 bits per heavy atom. The second-order valence-electron chi connectivity index (χ2n) is 4.81. The number of primary sulfonamides is 1. The fourth-order valence-electron chi connectivity index (χ4n) is 1.98. The van der Waals surface area contributed by atoms with E-state index in [0.29, 0.717) is 23.3 Å². The summed E-state index contributed by atoms with van der Waals surface area (Å²) in [5.41, 5.74) is 1.51. The standard InChI is InChI=1S/C13H20N2O4S/c1-8-5-9(2)12(20(14,17)18)6-11(8)13(16)15-10(3)7-19-4/h5-6,10H,7H2,1-4H3,(H,15,16)(H2,14,17,18). The molecular weight excluding hydrogens is 280 g/mol. The third kappa shape index (κ3) is 4.03. The molecule has 3 N–H and O–H groups in total. The topological polar surface area (TPSA) is 98.5 Å². The van der Waals surface area contributed by atoms with E-state index in [4.69, 9.17) is 9.88 Å². The maximum atomic E-state index is 12.1. The lowest BCUT2D eigenvalue weighted by atomic mass is 10.0. The molecule has 0 saturated carbocycles. The summed E-state index contributed by atoms with van der Waals surface area (Å²) in [7, 11) is -2.31. The number of methoxy groups -OCH3 is 1. The molecule has 1 aromatic rings. The monoisotopic (exact) mass is 300 g/mol. The van der Waals surface area contributed by atoms with Crippen molar-refractivity contribution >= 4 is 15.9 Å². The van der Waals surface area contributed by atoms with Crippen LogP contribution >= 0.6 is 0 Å². The fourth-order valence-corrected chi connectivity index (χ4v) is 2.77. The molecule has 20 heavy (non-hydrogen) atoms. The molecule has 0 aliphatic rings. The van der Waals surface area contributed by atoms with Gasteiger partial charge < -0.3 is 10.1 Å². The van der Waals surface area contributed by atoms with Crippen molar-refractivity contribution < 1.29 is 17.9 Å². The van der Waals surface area contributed by atoms with Gasteiger partial charge in [0.15, 0.2) is 0 Å². The van der Waals surface area contributed by atoms with E-state index in [1.54, 1.807) is 33.9 Å². The lowest BCUT2D eigenvalue weighted by Crippen LogP contribution is -2.36. The van der Waals surface area contributed by atoms with Crippen molar-refractivity contribution in [2.24, 2.45) is 5.14 Å². The van der Waals surface area contributed by atoms with Crippen LogP contribution in [0.2, 0.25) is 0 Å². The van der Waals surface area contributed by atoms with Crippen molar-refractivity contribution in [3.05, 3.63) is 28.8 Å². The molecule has 1 aromatic carbocycles. The third-order valence-corrected chi connectivity index (χ3v) is 3.92. The highest BCUT2D eigenvalue weighted by Crippen LogP contribution is 2.19. The molecule has 1 unspecified atom stereocenters. The molecule has 7 heteroatoms. The van der Waals surface area contributed by atoms with Crippen LogP contribution in [0.3, 0.4) is 0 Å². The number of carbonyl (C=O) groups is 1. The Balaban J connectivity index is 3.16. The smallest absolute Gasteiger partial charge is 0.251 e. The number of aryl methyl sites for hydroxylation is 2. The van der Waals surface area contributed by atoms with E-state index in [9.17, 15) is 13.2 Å². The number of carbonyl (C=O) groups excluding carboxylic acids is 1. The van der Waals surface area contributed by atoms with Crippen LogP contribution in [0.25, 0.3) is 0 Å². The first-order valence-corrected chi connectivity index (χ1v) is 7.65. The Morgan fingerprint density at radius 2 is 1.95 bits per heavy atom. The summed E-state index contributed by atoms with van der Waals surface area (Å²) in [6.45, 7) is 5.56. The van der Waals surface area contributed by atoms with Gasteiger partial charge in [0.1, 0.15) is 0 Å². The van der Waals surface area contributed by atoms with Crippen LogP contribution in [0, 0.1) is 13.8 Å². The molecule has 0 spiro atoms. The lowest BCUT2D eigenvalue weighted by molar-refractivity contribution is 0.0904. The van der Waals surface area contributed by atoms with Crippen LogP contribution in [0.4, 0.5) is 0 Å². The number of nitrogens with one attached hydrogen (secondary N) is 1. The Kier molecular flexibility index (Phi) is 5.27. The molecule has 0 aliphatic heterocycles. The zero-order valence-electron chi connectivity index (χ0n) is 12.1. The minimum absolute atomic E-state index is 0.0346. The summed E-state index contributed by atoms with van der Waals surface area (Å²) >= 11 is 0. The molecule has 1 rings (SSSR count). The Morgan fingerprint density at radius 3 is 2.45 bits per heavy atom. The lowest BCUT2D eigenvalue weighted by Gasteiger charge is -2.15. The quantitative estimate of drug-likeness (QED) is 0.837. The normalized spacial score (nSPS) is 13.1. The van der Waals surface area contributed by atoms with E-state index in [-0.39, 0.29) is 16.8 Å². The molecule has 0 aliphatic carbocycles. The Bertz CT molecular complexity index is 611. The van der Waals surface area contributed by atoms with Crippen molar-refractivity contribution in [3.63, 3.8) is 0 Å². The van der Waals surface area contributed by atoms with Crippen molar-refractivity contribution in [2.45, 2.75) is 31.7 Å². The molecule has 0 saturated heterocycles. The number of ether oxygens (including phenoxy) is 1. The second kappa shape index (κ2) is 6.34. The summed E-state index contributed by atoms with van der Waals surface area (Å²) in [6, 6.07) is 2.77. The second-order valence-corrected chi connectivity index (χ2v) is 6.34. The van der Waals surface area contributed by atoms with Gasteiger partial charge in [0.2, 0.25) is 10.0 Å². The highest BCUT2D eigenvalue weighted by molar-refractivity contribution is 7.89. The molecule has 0 radical (unpaired) electrons. The largest absolute Gasteiger partial charge is 0.383 e. The van der Waals surface area contributed by atoms with E-state index in [1.165, 1.54) is 6.07 Å². The SMILES string of the molecule is COCC(C)NC(=O)c1cc(S(N)(=O)=O)c(C)cc1C. The van der Waals surface area contributed by atoms with Crippen molar-refractivity contribution in [2.75, 3.05) is 13.7 Å². The molecule has 6 nitrogen and oxygen atoms in total. The average Bonchev–Trinajstić information content (AvgIpc) is 2.26. The van der Waals surface area contributed by atoms with Gasteiger partial charge in [0, 0.05) is 18.7 Å². The van der Waals surface area contributed by atoms with Crippen molar-refractivity contribution in [1.82, 2.24) is 5.32 Å². The molecule has 1 atom stereocenters. The molecular formula is C13H20N2O4S. The van der Waals surface area contributed by atoms with Gasteiger partial charge in [-0.1, -0.05) is 6.07 Å². The summed E-state index contributed by atoms with van der Waals surface area (Å²) in [5, 5.41) is 7.88. The number of sulfonamides is 1. The first-order chi connectivity index (χ1) is 9.16. The molecule has 0 bridgehead atoms.